The lowest BCUT2D eigenvalue weighted by atomic mass is 10.3. The molecular weight excluding hydrogens is 198 g/mol. The van der Waals surface area contributed by atoms with Gasteiger partial charge in [-0.2, -0.15) is 0 Å². The highest BCUT2D eigenvalue weighted by Gasteiger charge is 2.09. The maximum absolute atomic E-state index is 11.4. The standard InChI is InChI=1S/C9H15N3OS/c1-6-4-11-8(14-6)5-12-9(13)7(2)10-3/h4,7,10H,5H2,1-3H3,(H,12,13). The molecule has 0 aromatic carbocycles. The first-order chi connectivity index (χ1) is 6.63. The van der Waals surface area contributed by atoms with Crippen LogP contribution in [0.15, 0.2) is 6.20 Å². The number of aryl methyl sites for hydroxylation is 1. The molecule has 2 N–H and O–H groups in total. The number of hydrogen-bond acceptors (Lipinski definition) is 4. The van der Waals surface area contributed by atoms with Crippen molar-refractivity contribution in [2.24, 2.45) is 0 Å². The number of carbonyl (C=O) groups is 1. The van der Waals surface area contributed by atoms with Crippen molar-refractivity contribution in [3.05, 3.63) is 16.1 Å². The normalized spacial score (nSPS) is 12.5. The summed E-state index contributed by atoms with van der Waals surface area (Å²) in [7, 11) is 1.76. The fourth-order valence-electron chi connectivity index (χ4n) is 0.930. The van der Waals surface area contributed by atoms with Gasteiger partial charge in [0.15, 0.2) is 0 Å². The number of likely N-dealkylation sites (N-methyl/N-ethyl adjacent to an activating group) is 1. The van der Waals surface area contributed by atoms with Crippen LogP contribution in [-0.4, -0.2) is 24.0 Å². The van der Waals surface area contributed by atoms with E-state index in [1.165, 1.54) is 0 Å². The van der Waals surface area contributed by atoms with Gasteiger partial charge in [0.25, 0.3) is 0 Å². The third-order valence-corrected chi connectivity index (χ3v) is 2.82. The van der Waals surface area contributed by atoms with Gasteiger partial charge in [0.2, 0.25) is 5.91 Å². The third-order valence-electron chi connectivity index (χ3n) is 1.91. The Balaban J connectivity index is 2.37. The Morgan fingerprint density at radius 3 is 2.93 bits per heavy atom. The number of thiazole rings is 1. The van der Waals surface area contributed by atoms with Crippen LogP contribution in [0.1, 0.15) is 16.8 Å². The number of nitrogens with zero attached hydrogens (tertiary/aromatic N) is 1. The Kier molecular flexibility index (Phi) is 4.03. The highest BCUT2D eigenvalue weighted by Crippen LogP contribution is 2.10. The van der Waals surface area contributed by atoms with Crippen molar-refractivity contribution in [1.29, 1.82) is 0 Å². The second kappa shape index (κ2) is 5.07. The molecule has 4 nitrogen and oxygen atoms in total. The van der Waals surface area contributed by atoms with Crippen molar-refractivity contribution in [2.75, 3.05) is 7.05 Å². The Labute approximate surface area is 87.7 Å². The molecule has 5 heteroatoms. The third kappa shape index (κ3) is 3.08. The zero-order valence-corrected chi connectivity index (χ0v) is 9.44. The monoisotopic (exact) mass is 213 g/mol. The topological polar surface area (TPSA) is 54.0 Å². The quantitative estimate of drug-likeness (QED) is 0.773. The van der Waals surface area contributed by atoms with Crippen LogP contribution in [0.2, 0.25) is 0 Å². The SMILES string of the molecule is CNC(C)C(=O)NCc1ncc(C)s1. The van der Waals surface area contributed by atoms with Gasteiger partial charge in [-0.3, -0.25) is 4.79 Å². The number of carbonyl (C=O) groups excluding carboxylic acids is 1. The van der Waals surface area contributed by atoms with E-state index in [1.54, 1.807) is 18.4 Å². The van der Waals surface area contributed by atoms with E-state index in [9.17, 15) is 4.79 Å². The predicted molar refractivity (Wildman–Crippen MR) is 57.2 cm³/mol. The molecule has 78 valence electrons. The van der Waals surface area contributed by atoms with E-state index in [2.05, 4.69) is 15.6 Å². The second-order valence-corrected chi connectivity index (χ2v) is 4.41. The first kappa shape index (κ1) is 11.1. The molecule has 0 aliphatic rings. The summed E-state index contributed by atoms with van der Waals surface area (Å²) in [4.78, 5) is 16.7. The van der Waals surface area contributed by atoms with Crippen LogP contribution < -0.4 is 10.6 Å². The van der Waals surface area contributed by atoms with Gasteiger partial charge >= 0.3 is 0 Å². The Hall–Kier alpha value is -0.940. The molecule has 0 radical (unpaired) electrons. The largest absolute Gasteiger partial charge is 0.348 e. The van der Waals surface area contributed by atoms with Gasteiger partial charge in [0.1, 0.15) is 5.01 Å². The van der Waals surface area contributed by atoms with Crippen molar-refractivity contribution in [3.63, 3.8) is 0 Å². The van der Waals surface area contributed by atoms with Crippen LogP contribution in [-0.2, 0) is 11.3 Å². The van der Waals surface area contributed by atoms with Crippen LogP contribution in [0.4, 0.5) is 0 Å². The molecule has 1 aromatic rings. The fourth-order valence-corrected chi connectivity index (χ4v) is 1.66. The smallest absolute Gasteiger partial charge is 0.237 e. The summed E-state index contributed by atoms with van der Waals surface area (Å²) >= 11 is 1.60. The minimum Gasteiger partial charge on any atom is -0.348 e. The van der Waals surface area contributed by atoms with E-state index in [0.29, 0.717) is 6.54 Å². The molecule has 1 rings (SSSR count). The van der Waals surface area contributed by atoms with E-state index in [1.807, 2.05) is 20.0 Å². The molecular formula is C9H15N3OS. The summed E-state index contributed by atoms with van der Waals surface area (Å²) in [6.45, 7) is 4.34. The highest BCUT2D eigenvalue weighted by molar-refractivity contribution is 7.11. The summed E-state index contributed by atoms with van der Waals surface area (Å²) in [5.74, 6) is 0.000327. The minimum absolute atomic E-state index is 0.000327. The Morgan fingerprint density at radius 2 is 2.43 bits per heavy atom. The number of amides is 1. The molecule has 0 saturated carbocycles. The first-order valence-corrected chi connectivity index (χ1v) is 5.31. The number of aromatic nitrogens is 1. The Bertz CT molecular complexity index is 311. The lowest BCUT2D eigenvalue weighted by molar-refractivity contribution is -0.122. The molecule has 0 aliphatic carbocycles. The molecule has 0 fully saturated rings. The van der Waals surface area contributed by atoms with Gasteiger partial charge in [-0.25, -0.2) is 4.98 Å². The lowest BCUT2D eigenvalue weighted by Gasteiger charge is -2.09. The number of hydrogen-bond donors (Lipinski definition) is 2. The van der Waals surface area contributed by atoms with Crippen molar-refractivity contribution < 1.29 is 4.79 Å². The van der Waals surface area contributed by atoms with Crippen LogP contribution in [0.3, 0.4) is 0 Å². The summed E-state index contributed by atoms with van der Waals surface area (Å²) in [6, 6.07) is -0.156. The van der Waals surface area contributed by atoms with Crippen molar-refractivity contribution in [3.8, 4) is 0 Å². The van der Waals surface area contributed by atoms with Crippen LogP contribution >= 0.6 is 11.3 Å². The van der Waals surface area contributed by atoms with Crippen molar-refractivity contribution >= 4 is 17.2 Å². The van der Waals surface area contributed by atoms with Gasteiger partial charge < -0.3 is 10.6 Å². The van der Waals surface area contributed by atoms with E-state index in [-0.39, 0.29) is 11.9 Å². The molecule has 0 spiro atoms. The van der Waals surface area contributed by atoms with E-state index >= 15 is 0 Å². The predicted octanol–water partition coefficient (Wildman–Crippen LogP) is 0.676. The van der Waals surface area contributed by atoms with Gasteiger partial charge in [0.05, 0.1) is 12.6 Å². The maximum Gasteiger partial charge on any atom is 0.237 e. The fraction of sp³-hybridized carbons (Fsp3) is 0.556. The van der Waals surface area contributed by atoms with Crippen LogP contribution in [0, 0.1) is 6.92 Å². The molecule has 1 unspecified atom stereocenters. The molecule has 0 bridgehead atoms. The average molecular weight is 213 g/mol. The van der Waals surface area contributed by atoms with E-state index in [4.69, 9.17) is 0 Å². The summed E-state index contributed by atoms with van der Waals surface area (Å²) in [6.07, 6.45) is 1.81. The van der Waals surface area contributed by atoms with Gasteiger partial charge in [-0.1, -0.05) is 0 Å². The number of rotatable bonds is 4. The van der Waals surface area contributed by atoms with Gasteiger partial charge in [-0.05, 0) is 20.9 Å². The Morgan fingerprint density at radius 1 is 1.71 bits per heavy atom. The van der Waals surface area contributed by atoms with E-state index < -0.39 is 0 Å². The minimum atomic E-state index is -0.156. The molecule has 1 amide bonds. The molecule has 1 heterocycles. The van der Waals surface area contributed by atoms with Crippen molar-refractivity contribution in [1.82, 2.24) is 15.6 Å². The molecule has 1 aromatic heterocycles. The summed E-state index contributed by atoms with van der Waals surface area (Å²) in [5.41, 5.74) is 0. The summed E-state index contributed by atoms with van der Waals surface area (Å²) in [5, 5.41) is 6.63. The highest BCUT2D eigenvalue weighted by atomic mass is 32.1. The number of nitrogens with one attached hydrogen (secondary N) is 2. The maximum atomic E-state index is 11.4. The average Bonchev–Trinajstić information content (AvgIpc) is 2.59. The molecule has 14 heavy (non-hydrogen) atoms. The van der Waals surface area contributed by atoms with Crippen LogP contribution in [0.5, 0.6) is 0 Å². The first-order valence-electron chi connectivity index (χ1n) is 4.49. The second-order valence-electron chi connectivity index (χ2n) is 3.09. The van der Waals surface area contributed by atoms with Crippen molar-refractivity contribution in [2.45, 2.75) is 26.4 Å². The zero-order chi connectivity index (χ0) is 10.6. The molecule has 1 atom stereocenters. The van der Waals surface area contributed by atoms with Gasteiger partial charge in [-0.15, -0.1) is 11.3 Å². The zero-order valence-electron chi connectivity index (χ0n) is 8.63. The summed E-state index contributed by atoms with van der Waals surface area (Å²) < 4.78 is 0. The van der Waals surface area contributed by atoms with Gasteiger partial charge in [0, 0.05) is 11.1 Å². The molecule has 0 aliphatic heterocycles. The lowest BCUT2D eigenvalue weighted by Crippen LogP contribution is -2.39. The van der Waals surface area contributed by atoms with E-state index in [0.717, 1.165) is 9.88 Å². The van der Waals surface area contributed by atoms with Crippen LogP contribution in [0.25, 0.3) is 0 Å². The molecule has 0 saturated heterocycles.